The molecule has 2 aromatic carbocycles. The minimum absolute atomic E-state index is 0.103. The van der Waals surface area contributed by atoms with Gasteiger partial charge in [0, 0.05) is 16.7 Å². The number of ether oxygens (including phenoxy) is 1. The zero-order valence-electron chi connectivity index (χ0n) is 10.7. The molecule has 0 atom stereocenters. The fourth-order valence-electron chi connectivity index (χ4n) is 1.77. The van der Waals surface area contributed by atoms with Crippen LogP contribution in [-0.4, -0.2) is 4.92 Å². The summed E-state index contributed by atoms with van der Waals surface area (Å²) in [7, 11) is 0. The van der Waals surface area contributed by atoms with Crippen molar-refractivity contribution in [1.29, 1.82) is 0 Å². The van der Waals surface area contributed by atoms with E-state index in [4.69, 9.17) is 22.2 Å². The molecule has 0 aliphatic heterocycles. The van der Waals surface area contributed by atoms with Crippen LogP contribution in [0.3, 0.4) is 0 Å². The smallest absolute Gasteiger partial charge is 0.294 e. The molecule has 0 spiro atoms. The monoisotopic (exact) mass is 371 g/mol. The molecule has 0 unspecified atom stereocenters. The van der Waals surface area contributed by atoms with Gasteiger partial charge in [0.2, 0.25) is 0 Å². The standard InChI is InChI=1S/C13H11BrClN3O3/c14-10-6-9(15)4-5-12(10)21-7-8-2-1-3-11(18(19)20)13(8)17-16/h1-6,17H,7,16H2. The van der Waals surface area contributed by atoms with Gasteiger partial charge in [-0.15, -0.1) is 0 Å². The first-order valence-corrected chi connectivity index (χ1v) is 7.00. The minimum atomic E-state index is -0.503. The van der Waals surface area contributed by atoms with Crippen molar-refractivity contribution in [2.75, 3.05) is 5.43 Å². The van der Waals surface area contributed by atoms with E-state index in [0.717, 1.165) is 0 Å². The third-order valence-corrected chi connectivity index (χ3v) is 3.60. The van der Waals surface area contributed by atoms with Crippen molar-refractivity contribution < 1.29 is 9.66 Å². The molecule has 0 saturated carbocycles. The average molecular weight is 373 g/mol. The van der Waals surface area contributed by atoms with Crippen LogP contribution in [0.5, 0.6) is 5.75 Å². The van der Waals surface area contributed by atoms with Gasteiger partial charge in [0.15, 0.2) is 0 Å². The Labute approximate surface area is 134 Å². The van der Waals surface area contributed by atoms with Crippen LogP contribution in [0, 0.1) is 10.1 Å². The number of rotatable bonds is 5. The highest BCUT2D eigenvalue weighted by molar-refractivity contribution is 9.10. The second-order valence-corrected chi connectivity index (χ2v) is 5.37. The van der Waals surface area contributed by atoms with Crippen LogP contribution in [0.25, 0.3) is 0 Å². The number of nitro benzene ring substituents is 1. The van der Waals surface area contributed by atoms with Crippen LogP contribution < -0.4 is 16.0 Å². The summed E-state index contributed by atoms with van der Waals surface area (Å²) in [6.45, 7) is 0.126. The summed E-state index contributed by atoms with van der Waals surface area (Å²) in [5.74, 6) is 5.95. The number of nitrogen functional groups attached to an aromatic ring is 1. The third kappa shape index (κ3) is 3.63. The number of benzene rings is 2. The SMILES string of the molecule is NNc1c(COc2ccc(Cl)cc2Br)cccc1[N+](=O)[O-]. The van der Waals surface area contributed by atoms with Crippen LogP contribution in [0.1, 0.15) is 5.56 Å². The first-order valence-electron chi connectivity index (χ1n) is 5.83. The molecule has 0 aromatic heterocycles. The van der Waals surface area contributed by atoms with Crippen LogP contribution in [0.15, 0.2) is 40.9 Å². The van der Waals surface area contributed by atoms with E-state index in [1.54, 1.807) is 30.3 Å². The lowest BCUT2D eigenvalue weighted by molar-refractivity contribution is -0.384. The first-order chi connectivity index (χ1) is 10.0. The number of nitrogens with one attached hydrogen (secondary N) is 1. The van der Waals surface area contributed by atoms with E-state index in [1.807, 2.05) is 0 Å². The number of halogens is 2. The van der Waals surface area contributed by atoms with E-state index in [2.05, 4.69) is 21.4 Å². The largest absolute Gasteiger partial charge is 0.488 e. The molecule has 3 N–H and O–H groups in total. The summed E-state index contributed by atoms with van der Waals surface area (Å²) >= 11 is 9.19. The summed E-state index contributed by atoms with van der Waals surface area (Å²) in [6.07, 6.45) is 0. The average Bonchev–Trinajstić information content (AvgIpc) is 2.45. The van der Waals surface area contributed by atoms with Crippen LogP contribution in [0.2, 0.25) is 5.02 Å². The van der Waals surface area contributed by atoms with E-state index in [0.29, 0.717) is 20.8 Å². The lowest BCUT2D eigenvalue weighted by atomic mass is 10.1. The van der Waals surface area contributed by atoms with E-state index in [1.165, 1.54) is 6.07 Å². The van der Waals surface area contributed by atoms with Gasteiger partial charge in [0.25, 0.3) is 5.69 Å². The molecule has 0 bridgehead atoms. The van der Waals surface area contributed by atoms with E-state index < -0.39 is 4.92 Å². The Balaban J connectivity index is 2.24. The molecular formula is C13H11BrClN3O3. The summed E-state index contributed by atoms with van der Waals surface area (Å²) < 4.78 is 6.33. The van der Waals surface area contributed by atoms with Gasteiger partial charge in [-0.25, -0.2) is 0 Å². The predicted octanol–water partition coefficient (Wildman–Crippen LogP) is 3.88. The quantitative estimate of drug-likeness (QED) is 0.472. The number of para-hydroxylation sites is 1. The van der Waals surface area contributed by atoms with E-state index in [-0.39, 0.29) is 18.0 Å². The van der Waals surface area contributed by atoms with E-state index in [9.17, 15) is 10.1 Å². The fraction of sp³-hybridized carbons (Fsp3) is 0.0769. The molecule has 110 valence electrons. The van der Waals surface area contributed by atoms with Crippen LogP contribution >= 0.6 is 27.5 Å². The molecule has 0 fully saturated rings. The van der Waals surface area contributed by atoms with Gasteiger partial charge in [0.05, 0.1) is 9.40 Å². The van der Waals surface area contributed by atoms with Crippen LogP contribution in [0.4, 0.5) is 11.4 Å². The predicted molar refractivity (Wildman–Crippen MR) is 84.4 cm³/mol. The Morgan fingerprint density at radius 3 is 2.76 bits per heavy atom. The van der Waals surface area contributed by atoms with Gasteiger partial charge in [-0.3, -0.25) is 16.0 Å². The molecule has 2 aromatic rings. The van der Waals surface area contributed by atoms with Gasteiger partial charge in [-0.1, -0.05) is 23.7 Å². The number of hydrogen-bond acceptors (Lipinski definition) is 5. The second-order valence-electron chi connectivity index (χ2n) is 4.08. The van der Waals surface area contributed by atoms with Crippen molar-refractivity contribution in [2.45, 2.75) is 6.61 Å². The molecule has 2 rings (SSSR count). The van der Waals surface area contributed by atoms with Crippen molar-refractivity contribution in [2.24, 2.45) is 5.84 Å². The maximum absolute atomic E-state index is 10.9. The summed E-state index contributed by atoms with van der Waals surface area (Å²) in [5.41, 5.74) is 3.05. The van der Waals surface area contributed by atoms with Gasteiger partial charge in [0.1, 0.15) is 18.0 Å². The Morgan fingerprint density at radius 2 is 2.14 bits per heavy atom. The molecule has 0 heterocycles. The van der Waals surface area contributed by atoms with Crippen molar-refractivity contribution in [3.05, 3.63) is 61.6 Å². The maximum atomic E-state index is 10.9. The zero-order valence-corrected chi connectivity index (χ0v) is 13.0. The molecule has 6 nitrogen and oxygen atoms in total. The topological polar surface area (TPSA) is 90.4 Å². The molecule has 0 amide bonds. The van der Waals surface area contributed by atoms with Crippen molar-refractivity contribution in [3.63, 3.8) is 0 Å². The fourth-order valence-corrected chi connectivity index (χ4v) is 2.57. The van der Waals surface area contributed by atoms with Gasteiger partial charge in [-0.05, 0) is 34.1 Å². The summed E-state index contributed by atoms with van der Waals surface area (Å²) in [6, 6.07) is 9.75. The van der Waals surface area contributed by atoms with Crippen molar-refractivity contribution in [3.8, 4) is 5.75 Å². The molecule has 0 radical (unpaired) electrons. The summed E-state index contributed by atoms with van der Waals surface area (Å²) in [4.78, 5) is 10.4. The van der Waals surface area contributed by atoms with Crippen molar-refractivity contribution >= 4 is 38.9 Å². The maximum Gasteiger partial charge on any atom is 0.294 e. The molecule has 0 saturated heterocycles. The highest BCUT2D eigenvalue weighted by Gasteiger charge is 2.17. The lowest BCUT2D eigenvalue weighted by Crippen LogP contribution is -2.12. The number of nitrogens with two attached hydrogens (primary N) is 1. The third-order valence-electron chi connectivity index (χ3n) is 2.75. The van der Waals surface area contributed by atoms with E-state index >= 15 is 0 Å². The molecule has 8 heteroatoms. The lowest BCUT2D eigenvalue weighted by Gasteiger charge is -2.12. The molecule has 0 aliphatic carbocycles. The second kappa shape index (κ2) is 6.75. The molecule has 0 aliphatic rings. The Bertz CT molecular complexity index is 682. The minimum Gasteiger partial charge on any atom is -0.488 e. The van der Waals surface area contributed by atoms with Crippen LogP contribution in [-0.2, 0) is 6.61 Å². The van der Waals surface area contributed by atoms with Gasteiger partial charge >= 0.3 is 0 Å². The van der Waals surface area contributed by atoms with Crippen molar-refractivity contribution in [1.82, 2.24) is 0 Å². The highest BCUT2D eigenvalue weighted by Crippen LogP contribution is 2.31. The number of anilines is 1. The zero-order chi connectivity index (χ0) is 15.4. The van der Waals surface area contributed by atoms with Gasteiger partial charge in [-0.2, -0.15) is 0 Å². The molecular weight excluding hydrogens is 362 g/mol. The summed E-state index contributed by atoms with van der Waals surface area (Å²) in [5, 5.41) is 11.5. The number of nitrogens with zero attached hydrogens (tertiary/aromatic N) is 1. The Hall–Kier alpha value is -1.83. The first kappa shape index (κ1) is 15.6. The number of hydrazine groups is 1. The normalized spacial score (nSPS) is 10.2. The van der Waals surface area contributed by atoms with Gasteiger partial charge < -0.3 is 10.2 Å². The Kier molecular flexibility index (Phi) is 5.00. The Morgan fingerprint density at radius 1 is 1.38 bits per heavy atom. The molecule has 21 heavy (non-hydrogen) atoms. The number of nitro groups is 1. The highest BCUT2D eigenvalue weighted by atomic mass is 79.9. The number of hydrogen-bond donors (Lipinski definition) is 2.